The lowest BCUT2D eigenvalue weighted by Crippen LogP contribution is -2.32. The van der Waals surface area contributed by atoms with Crippen LogP contribution in [-0.2, 0) is 4.79 Å². The van der Waals surface area contributed by atoms with Crippen molar-refractivity contribution < 1.29 is 9.18 Å². The van der Waals surface area contributed by atoms with Crippen LogP contribution in [0.25, 0.3) is 0 Å². The molecule has 1 atom stereocenters. The third-order valence-corrected chi connectivity index (χ3v) is 3.44. The Balaban J connectivity index is 2.23. The van der Waals surface area contributed by atoms with E-state index in [1.54, 1.807) is 23.9 Å². The highest BCUT2D eigenvalue weighted by atomic mass is 32.2. The molecule has 0 aliphatic rings. The van der Waals surface area contributed by atoms with Crippen LogP contribution in [0.5, 0.6) is 0 Å². The van der Waals surface area contributed by atoms with Gasteiger partial charge in [-0.25, -0.2) is 4.39 Å². The number of rotatable bonds is 6. The van der Waals surface area contributed by atoms with Crippen LogP contribution in [0.4, 0.5) is 4.39 Å². The molecule has 0 aliphatic heterocycles. The molecule has 0 radical (unpaired) electrons. The SMILES string of the molecule is CC[C@H](C)NC(=O)CCSc1ccc(F)cc1. The Morgan fingerprint density at radius 3 is 2.65 bits per heavy atom. The van der Waals surface area contributed by atoms with Gasteiger partial charge in [-0.05, 0) is 37.6 Å². The van der Waals surface area contributed by atoms with E-state index in [1.165, 1.54) is 12.1 Å². The summed E-state index contributed by atoms with van der Waals surface area (Å²) >= 11 is 1.56. The van der Waals surface area contributed by atoms with Crippen LogP contribution < -0.4 is 5.32 Å². The molecule has 0 saturated carbocycles. The maximum absolute atomic E-state index is 12.6. The summed E-state index contributed by atoms with van der Waals surface area (Å²) in [6, 6.07) is 6.56. The molecule has 0 saturated heterocycles. The second-order valence-electron chi connectivity index (χ2n) is 3.93. The third kappa shape index (κ3) is 5.73. The molecule has 94 valence electrons. The predicted octanol–water partition coefficient (Wildman–Crippen LogP) is 3.22. The van der Waals surface area contributed by atoms with Gasteiger partial charge in [-0.1, -0.05) is 6.92 Å². The van der Waals surface area contributed by atoms with Gasteiger partial charge in [0.2, 0.25) is 5.91 Å². The highest BCUT2D eigenvalue weighted by Gasteiger charge is 2.05. The quantitative estimate of drug-likeness (QED) is 0.791. The van der Waals surface area contributed by atoms with E-state index < -0.39 is 0 Å². The van der Waals surface area contributed by atoms with Gasteiger partial charge < -0.3 is 5.32 Å². The van der Waals surface area contributed by atoms with Gasteiger partial charge in [0.15, 0.2) is 0 Å². The molecule has 0 spiro atoms. The molecule has 4 heteroatoms. The second kappa shape index (κ2) is 7.33. The number of amides is 1. The van der Waals surface area contributed by atoms with Gasteiger partial charge in [0, 0.05) is 23.1 Å². The van der Waals surface area contributed by atoms with Crippen LogP contribution >= 0.6 is 11.8 Å². The summed E-state index contributed by atoms with van der Waals surface area (Å²) in [4.78, 5) is 12.5. The molecule has 1 N–H and O–H groups in total. The molecule has 0 unspecified atom stereocenters. The smallest absolute Gasteiger partial charge is 0.221 e. The maximum atomic E-state index is 12.6. The zero-order valence-corrected chi connectivity index (χ0v) is 11.0. The molecule has 2 nitrogen and oxygen atoms in total. The first-order valence-corrected chi connectivity index (χ1v) is 6.78. The molecule has 1 aromatic rings. The lowest BCUT2D eigenvalue weighted by atomic mass is 10.2. The second-order valence-corrected chi connectivity index (χ2v) is 5.10. The summed E-state index contributed by atoms with van der Waals surface area (Å²) in [6.07, 6.45) is 1.43. The van der Waals surface area contributed by atoms with Gasteiger partial charge in [0.05, 0.1) is 0 Å². The lowest BCUT2D eigenvalue weighted by molar-refractivity contribution is -0.121. The van der Waals surface area contributed by atoms with E-state index in [4.69, 9.17) is 0 Å². The first-order valence-electron chi connectivity index (χ1n) is 5.79. The van der Waals surface area contributed by atoms with Crippen molar-refractivity contribution in [2.24, 2.45) is 0 Å². The molecule has 0 heterocycles. The van der Waals surface area contributed by atoms with Crippen molar-refractivity contribution in [3.05, 3.63) is 30.1 Å². The number of halogens is 1. The summed E-state index contributed by atoms with van der Waals surface area (Å²) in [5.74, 6) is 0.561. The number of nitrogens with one attached hydrogen (secondary N) is 1. The first-order chi connectivity index (χ1) is 8.11. The number of hydrogen-bond donors (Lipinski definition) is 1. The summed E-state index contributed by atoms with van der Waals surface area (Å²) in [6.45, 7) is 4.03. The van der Waals surface area contributed by atoms with E-state index in [1.807, 2.05) is 13.8 Å². The van der Waals surface area contributed by atoms with Crippen molar-refractivity contribution in [2.45, 2.75) is 37.6 Å². The van der Waals surface area contributed by atoms with Gasteiger partial charge in [-0.2, -0.15) is 0 Å². The number of benzene rings is 1. The Labute approximate surface area is 106 Å². The number of thioether (sulfide) groups is 1. The van der Waals surface area contributed by atoms with Crippen molar-refractivity contribution in [3.8, 4) is 0 Å². The number of carbonyl (C=O) groups excluding carboxylic acids is 1. The molecule has 1 aromatic carbocycles. The topological polar surface area (TPSA) is 29.1 Å². The monoisotopic (exact) mass is 255 g/mol. The summed E-state index contributed by atoms with van der Waals surface area (Å²) in [5.41, 5.74) is 0. The minimum absolute atomic E-state index is 0.0777. The Morgan fingerprint density at radius 2 is 2.06 bits per heavy atom. The van der Waals surface area contributed by atoms with Crippen molar-refractivity contribution in [1.29, 1.82) is 0 Å². The van der Waals surface area contributed by atoms with E-state index in [9.17, 15) is 9.18 Å². The average Bonchev–Trinajstić information content (AvgIpc) is 2.31. The van der Waals surface area contributed by atoms with E-state index >= 15 is 0 Å². The third-order valence-electron chi connectivity index (χ3n) is 2.43. The van der Waals surface area contributed by atoms with Crippen LogP contribution in [0.3, 0.4) is 0 Å². The van der Waals surface area contributed by atoms with Crippen molar-refractivity contribution >= 4 is 17.7 Å². The fourth-order valence-electron chi connectivity index (χ4n) is 1.24. The van der Waals surface area contributed by atoms with Crippen molar-refractivity contribution in [3.63, 3.8) is 0 Å². The van der Waals surface area contributed by atoms with E-state index in [0.29, 0.717) is 12.2 Å². The van der Waals surface area contributed by atoms with Crippen molar-refractivity contribution in [2.75, 3.05) is 5.75 Å². The van der Waals surface area contributed by atoms with E-state index in [2.05, 4.69) is 5.32 Å². The Morgan fingerprint density at radius 1 is 1.41 bits per heavy atom. The highest BCUT2D eigenvalue weighted by molar-refractivity contribution is 7.99. The van der Waals surface area contributed by atoms with E-state index in [-0.39, 0.29) is 17.8 Å². The molecule has 0 aliphatic carbocycles. The summed E-state index contributed by atoms with van der Waals surface area (Å²) in [7, 11) is 0. The predicted molar refractivity (Wildman–Crippen MR) is 69.6 cm³/mol. The summed E-state index contributed by atoms with van der Waals surface area (Å²) in [5, 5.41) is 2.91. The fourth-order valence-corrected chi connectivity index (χ4v) is 2.09. The van der Waals surface area contributed by atoms with Gasteiger partial charge in [-0.15, -0.1) is 11.8 Å². The van der Waals surface area contributed by atoms with Crippen LogP contribution in [0.15, 0.2) is 29.2 Å². The molecular weight excluding hydrogens is 237 g/mol. The molecular formula is C13H18FNOS. The standard InChI is InChI=1S/C13H18FNOS/c1-3-10(2)15-13(16)8-9-17-12-6-4-11(14)5-7-12/h4-7,10H,3,8-9H2,1-2H3,(H,15,16)/t10-/m0/s1. The molecule has 17 heavy (non-hydrogen) atoms. The highest BCUT2D eigenvalue weighted by Crippen LogP contribution is 2.18. The lowest BCUT2D eigenvalue weighted by Gasteiger charge is -2.10. The molecule has 0 bridgehead atoms. The zero-order chi connectivity index (χ0) is 12.7. The molecule has 1 amide bonds. The summed E-state index contributed by atoms with van der Waals surface area (Å²) < 4.78 is 12.6. The Hall–Kier alpha value is -1.03. The molecule has 0 fully saturated rings. The average molecular weight is 255 g/mol. The fraction of sp³-hybridized carbons (Fsp3) is 0.462. The minimum Gasteiger partial charge on any atom is -0.354 e. The van der Waals surface area contributed by atoms with Crippen LogP contribution in [0, 0.1) is 5.82 Å². The van der Waals surface area contributed by atoms with Gasteiger partial charge in [0.1, 0.15) is 5.82 Å². The normalized spacial score (nSPS) is 12.2. The molecule has 1 rings (SSSR count). The largest absolute Gasteiger partial charge is 0.354 e. The molecule has 0 aromatic heterocycles. The van der Waals surface area contributed by atoms with Crippen molar-refractivity contribution in [1.82, 2.24) is 5.32 Å². The van der Waals surface area contributed by atoms with Crippen LogP contribution in [0.1, 0.15) is 26.7 Å². The Kier molecular flexibility index (Phi) is 6.05. The number of carbonyl (C=O) groups is 1. The number of hydrogen-bond acceptors (Lipinski definition) is 2. The first kappa shape index (κ1) is 14.0. The van der Waals surface area contributed by atoms with Crippen LogP contribution in [0.2, 0.25) is 0 Å². The Bertz CT molecular complexity index is 353. The van der Waals surface area contributed by atoms with Gasteiger partial charge in [0.25, 0.3) is 0 Å². The minimum atomic E-state index is -0.233. The van der Waals surface area contributed by atoms with Crippen LogP contribution in [-0.4, -0.2) is 17.7 Å². The zero-order valence-electron chi connectivity index (χ0n) is 10.2. The van der Waals surface area contributed by atoms with Gasteiger partial charge in [-0.3, -0.25) is 4.79 Å². The van der Waals surface area contributed by atoms with E-state index in [0.717, 1.165) is 11.3 Å². The maximum Gasteiger partial charge on any atom is 0.221 e. The van der Waals surface area contributed by atoms with Gasteiger partial charge >= 0.3 is 0 Å².